The minimum atomic E-state index is -0.713. The lowest BCUT2D eigenvalue weighted by atomic mass is 9.85. The van der Waals surface area contributed by atoms with Crippen LogP contribution >= 0.6 is 0 Å². The van der Waals surface area contributed by atoms with Crippen LogP contribution in [0.2, 0.25) is 0 Å². The Morgan fingerprint density at radius 2 is 0.875 bits per heavy atom. The van der Waals surface area contributed by atoms with E-state index in [4.69, 9.17) is 0 Å². The average Bonchev–Trinajstić information content (AvgIpc) is 3.93. The number of nitrogens with one attached hydrogen (secondary N) is 4. The van der Waals surface area contributed by atoms with Gasteiger partial charge in [0.05, 0.1) is 12.1 Å². The molecule has 14 nitrogen and oxygen atoms in total. The summed E-state index contributed by atoms with van der Waals surface area (Å²) in [6.45, 7) is 25.0. The molecule has 4 rings (SSSR count). The second-order valence-corrected chi connectivity index (χ2v) is 20.5. The second-order valence-electron chi connectivity index (χ2n) is 20.5. The van der Waals surface area contributed by atoms with Crippen molar-refractivity contribution in [2.75, 3.05) is 40.3 Å². The fraction of sp³-hybridized carbons (Fsp3) is 0.640. The molecule has 2 fully saturated rings. The Morgan fingerprint density at radius 3 is 1.14 bits per heavy atom. The molecule has 0 radical (unpaired) electrons. The lowest BCUT2D eigenvalue weighted by molar-refractivity contribution is -0.141. The number of nitrogens with zero attached hydrogens (tertiary/aromatic N) is 4. The molecule has 2 heterocycles. The summed E-state index contributed by atoms with van der Waals surface area (Å²) in [6.07, 6.45) is 3.17. The number of carbonyl (C=O) groups is 6. The second kappa shape index (κ2) is 21.9. The van der Waals surface area contributed by atoms with Crippen LogP contribution in [0.25, 0.3) is 11.1 Å². The Bertz CT molecular complexity index is 1800. The van der Waals surface area contributed by atoms with E-state index in [9.17, 15) is 28.8 Å². The molecule has 0 saturated carbocycles. The van der Waals surface area contributed by atoms with Crippen LogP contribution in [-0.4, -0.2) is 144 Å². The molecule has 2 saturated heterocycles. The summed E-state index contributed by atoms with van der Waals surface area (Å²) in [5, 5.41) is 11.9. The number of likely N-dealkylation sites (N-methyl/N-ethyl adjacent to an activating group) is 2. The van der Waals surface area contributed by atoms with Crippen LogP contribution in [0.15, 0.2) is 48.5 Å². The molecule has 0 bridgehead atoms. The Morgan fingerprint density at radius 1 is 0.562 bits per heavy atom. The first-order chi connectivity index (χ1) is 29.9. The van der Waals surface area contributed by atoms with Gasteiger partial charge in [0.1, 0.15) is 12.1 Å². The SMILES string of the molecule is CN[C@@H](C)C(=O)N[C@H](C(=O)N1CCC[C@H]1CN(C(=O)c1ccc(-c2ccc(C(=O)N(C[C@@H]3CCCN3C(=O)[C@@H](NC(=O)[C@H](C)NC)C(C)(C)C)C(C)C)cc2)cc1)C(C)C)C(C)(C)C. The van der Waals surface area contributed by atoms with Crippen molar-refractivity contribution < 1.29 is 28.8 Å². The Hall–Kier alpha value is -4.82. The molecule has 0 spiro atoms. The molecule has 2 aromatic carbocycles. The maximum atomic E-state index is 14.1. The monoisotopic (exact) mass is 887 g/mol. The van der Waals surface area contributed by atoms with Gasteiger partial charge in [0.2, 0.25) is 23.6 Å². The molecule has 354 valence electrons. The van der Waals surface area contributed by atoms with Crippen LogP contribution in [0.1, 0.15) is 129 Å². The van der Waals surface area contributed by atoms with Crippen LogP contribution in [0, 0.1) is 10.8 Å². The standard InChI is InChI=1S/C50H78N8O6/c1-31(2)57(29-39-17-15-27-55(39)47(63)41(49(7,8)9)53-43(59)33(5)51-13)45(61)37-23-19-35(20-24-37)36-21-25-38(26-22-36)46(62)58(32(3)4)30-40-18-16-28-56(40)48(64)42(50(10,11)12)54-44(60)34(6)52-14/h19-26,31-34,39-42,51-52H,15-18,27-30H2,1-14H3,(H,53,59)(H,54,60)/t33-,34-,39-,40-,41+,42+/m0/s1. The van der Waals surface area contributed by atoms with E-state index < -0.39 is 35.0 Å². The van der Waals surface area contributed by atoms with Crippen LogP contribution in [0.3, 0.4) is 0 Å². The third-order valence-electron chi connectivity index (χ3n) is 13.0. The Kier molecular flexibility index (Phi) is 17.7. The van der Waals surface area contributed by atoms with Gasteiger partial charge in [-0.15, -0.1) is 0 Å². The number of hydrogen-bond donors (Lipinski definition) is 4. The van der Waals surface area contributed by atoms with Crippen molar-refractivity contribution in [2.45, 2.75) is 157 Å². The zero-order valence-electron chi connectivity index (χ0n) is 41.1. The van der Waals surface area contributed by atoms with Gasteiger partial charge in [0.25, 0.3) is 11.8 Å². The molecule has 4 N–H and O–H groups in total. The number of amides is 6. The highest BCUT2D eigenvalue weighted by Crippen LogP contribution is 2.30. The molecule has 6 amide bonds. The molecule has 2 aromatic rings. The first kappa shape index (κ1) is 51.8. The summed E-state index contributed by atoms with van der Waals surface area (Å²) in [5.41, 5.74) is 1.84. The van der Waals surface area contributed by atoms with Crippen LogP contribution in [-0.2, 0) is 19.2 Å². The summed E-state index contributed by atoms with van der Waals surface area (Å²) < 4.78 is 0. The molecule has 64 heavy (non-hydrogen) atoms. The van der Waals surface area contributed by atoms with Gasteiger partial charge in [-0.1, -0.05) is 65.8 Å². The van der Waals surface area contributed by atoms with E-state index in [0.717, 1.165) is 36.8 Å². The van der Waals surface area contributed by atoms with Crippen molar-refractivity contribution in [3.63, 3.8) is 0 Å². The smallest absolute Gasteiger partial charge is 0.254 e. The fourth-order valence-electron chi connectivity index (χ4n) is 8.51. The molecule has 14 heteroatoms. The van der Waals surface area contributed by atoms with Gasteiger partial charge < -0.3 is 40.9 Å². The third-order valence-corrected chi connectivity index (χ3v) is 13.0. The molecule has 0 aliphatic carbocycles. The van der Waals surface area contributed by atoms with Gasteiger partial charge in [0, 0.05) is 61.5 Å². The van der Waals surface area contributed by atoms with Gasteiger partial charge in [-0.3, -0.25) is 28.8 Å². The van der Waals surface area contributed by atoms with Crippen LogP contribution in [0.5, 0.6) is 0 Å². The van der Waals surface area contributed by atoms with Gasteiger partial charge in [0.15, 0.2) is 0 Å². The highest BCUT2D eigenvalue weighted by Gasteiger charge is 2.43. The lowest BCUT2D eigenvalue weighted by Crippen LogP contribution is -2.59. The van der Waals surface area contributed by atoms with Crippen molar-refractivity contribution in [1.29, 1.82) is 0 Å². The summed E-state index contributed by atoms with van der Waals surface area (Å²) in [6, 6.07) is 12.0. The first-order valence-corrected chi connectivity index (χ1v) is 23.3. The number of benzene rings is 2. The highest BCUT2D eigenvalue weighted by atomic mass is 16.2. The van der Waals surface area contributed by atoms with Crippen molar-refractivity contribution in [2.24, 2.45) is 10.8 Å². The van der Waals surface area contributed by atoms with Gasteiger partial charge in [-0.05, 0) is 128 Å². The summed E-state index contributed by atoms with van der Waals surface area (Å²) in [5.74, 6) is -0.965. The predicted molar refractivity (Wildman–Crippen MR) is 254 cm³/mol. The average molecular weight is 887 g/mol. The van der Waals surface area contributed by atoms with Crippen LogP contribution < -0.4 is 21.3 Å². The zero-order chi connectivity index (χ0) is 47.8. The number of hydrogen-bond acceptors (Lipinski definition) is 8. The minimum absolute atomic E-state index is 0.118. The summed E-state index contributed by atoms with van der Waals surface area (Å²) >= 11 is 0. The predicted octanol–water partition coefficient (Wildman–Crippen LogP) is 5.31. The topological polar surface area (TPSA) is 163 Å². The molecule has 6 atom stereocenters. The van der Waals surface area contributed by atoms with E-state index in [2.05, 4.69) is 21.3 Å². The van der Waals surface area contributed by atoms with E-state index in [1.807, 2.05) is 137 Å². The zero-order valence-corrected chi connectivity index (χ0v) is 41.1. The van der Waals surface area contributed by atoms with E-state index in [1.54, 1.807) is 27.9 Å². The molecular weight excluding hydrogens is 809 g/mol. The number of rotatable bonds is 17. The van der Waals surface area contributed by atoms with Crippen molar-refractivity contribution in [3.05, 3.63) is 59.7 Å². The fourth-order valence-corrected chi connectivity index (χ4v) is 8.51. The Labute approximate surface area is 383 Å². The Balaban J connectivity index is 1.45. The van der Waals surface area contributed by atoms with Gasteiger partial charge >= 0.3 is 0 Å². The van der Waals surface area contributed by atoms with Gasteiger partial charge in [-0.2, -0.15) is 0 Å². The van der Waals surface area contributed by atoms with Crippen molar-refractivity contribution in [3.8, 4) is 11.1 Å². The van der Waals surface area contributed by atoms with E-state index in [0.29, 0.717) is 37.3 Å². The highest BCUT2D eigenvalue weighted by molar-refractivity contribution is 5.96. The molecular formula is C50H78N8O6. The molecule has 2 aliphatic rings. The van der Waals surface area contributed by atoms with E-state index in [1.165, 1.54) is 0 Å². The van der Waals surface area contributed by atoms with E-state index >= 15 is 0 Å². The molecule has 2 aliphatic heterocycles. The summed E-state index contributed by atoms with van der Waals surface area (Å²) in [4.78, 5) is 89.4. The number of carbonyl (C=O) groups excluding carboxylic acids is 6. The summed E-state index contributed by atoms with van der Waals surface area (Å²) in [7, 11) is 3.42. The quantitative estimate of drug-likeness (QED) is 0.166. The lowest BCUT2D eigenvalue weighted by Gasteiger charge is -2.38. The maximum absolute atomic E-state index is 14.1. The largest absolute Gasteiger partial charge is 0.342 e. The van der Waals surface area contributed by atoms with Gasteiger partial charge in [-0.25, -0.2) is 0 Å². The first-order valence-electron chi connectivity index (χ1n) is 23.3. The third kappa shape index (κ3) is 12.7. The molecule has 0 aromatic heterocycles. The van der Waals surface area contributed by atoms with Crippen molar-refractivity contribution in [1.82, 2.24) is 40.9 Å². The molecule has 0 unspecified atom stereocenters. The number of likely N-dealkylation sites (tertiary alicyclic amines) is 2. The van der Waals surface area contributed by atoms with Crippen LogP contribution in [0.4, 0.5) is 0 Å². The minimum Gasteiger partial charge on any atom is -0.342 e. The van der Waals surface area contributed by atoms with E-state index in [-0.39, 0.29) is 59.6 Å². The van der Waals surface area contributed by atoms with Crippen molar-refractivity contribution >= 4 is 35.4 Å². The maximum Gasteiger partial charge on any atom is 0.254 e. The normalized spacial score (nSPS) is 18.7.